The summed E-state index contributed by atoms with van der Waals surface area (Å²) in [5.41, 5.74) is -0.679. The van der Waals surface area contributed by atoms with Crippen LogP contribution in [-0.4, -0.2) is 6.54 Å². The molecule has 0 spiro atoms. The van der Waals surface area contributed by atoms with E-state index in [0.717, 1.165) is 18.9 Å². The Morgan fingerprint density at radius 3 is 2.37 bits per heavy atom. The Hall–Kier alpha value is -1.70. The minimum atomic E-state index is -4.49. The second kappa shape index (κ2) is 6.46. The van der Waals surface area contributed by atoms with E-state index in [1.165, 1.54) is 12.1 Å². The molecule has 0 heterocycles. The number of benzene rings is 1. The lowest BCUT2D eigenvalue weighted by molar-refractivity contribution is -0.137. The van der Waals surface area contributed by atoms with Gasteiger partial charge in [0, 0.05) is 12.2 Å². The van der Waals surface area contributed by atoms with Gasteiger partial charge in [0.1, 0.15) is 0 Å². The van der Waals surface area contributed by atoms with E-state index in [-0.39, 0.29) is 5.56 Å². The highest BCUT2D eigenvalue weighted by Gasteiger charge is 2.33. The number of hydrogen-bond donors (Lipinski definition) is 1. The maximum Gasteiger partial charge on any atom is 0.417 e. The van der Waals surface area contributed by atoms with Crippen LogP contribution < -0.4 is 5.32 Å². The van der Waals surface area contributed by atoms with Crippen LogP contribution in [0.1, 0.15) is 37.8 Å². The SMILES string of the molecule is CCC(CC)CNc1ccc(C(F)(F)F)c(C#N)c1. The van der Waals surface area contributed by atoms with E-state index in [4.69, 9.17) is 5.26 Å². The lowest BCUT2D eigenvalue weighted by Gasteiger charge is -2.15. The molecule has 0 aliphatic carbocycles. The number of rotatable bonds is 5. The zero-order chi connectivity index (χ0) is 14.5. The number of nitrogens with zero attached hydrogens (tertiary/aromatic N) is 1. The molecule has 1 aromatic rings. The predicted molar refractivity (Wildman–Crippen MR) is 68.7 cm³/mol. The first-order chi connectivity index (χ1) is 8.92. The third-order valence-electron chi connectivity index (χ3n) is 3.19. The number of nitriles is 1. The molecule has 0 amide bonds. The van der Waals surface area contributed by atoms with E-state index in [0.29, 0.717) is 18.2 Å². The van der Waals surface area contributed by atoms with Gasteiger partial charge in [0.25, 0.3) is 0 Å². The summed E-state index contributed by atoms with van der Waals surface area (Å²) in [6.07, 6.45) is -2.47. The first-order valence-corrected chi connectivity index (χ1v) is 6.27. The van der Waals surface area contributed by atoms with Gasteiger partial charge in [-0.3, -0.25) is 0 Å². The van der Waals surface area contributed by atoms with Gasteiger partial charge < -0.3 is 5.32 Å². The summed E-state index contributed by atoms with van der Waals surface area (Å²) in [5.74, 6) is 0.479. The molecule has 0 aliphatic rings. The Morgan fingerprint density at radius 2 is 1.89 bits per heavy atom. The number of alkyl halides is 3. The Bertz CT molecular complexity index is 457. The highest BCUT2D eigenvalue weighted by molar-refractivity contribution is 5.53. The normalized spacial score (nSPS) is 11.4. The van der Waals surface area contributed by atoms with Crippen LogP contribution in [-0.2, 0) is 6.18 Å². The fourth-order valence-electron chi connectivity index (χ4n) is 1.83. The van der Waals surface area contributed by atoms with Crippen LogP contribution in [0, 0.1) is 17.2 Å². The maximum absolute atomic E-state index is 12.6. The van der Waals surface area contributed by atoms with Crippen molar-refractivity contribution in [1.29, 1.82) is 5.26 Å². The third kappa shape index (κ3) is 4.16. The molecular formula is C14H17F3N2. The Labute approximate surface area is 111 Å². The molecule has 2 nitrogen and oxygen atoms in total. The van der Waals surface area contributed by atoms with E-state index in [1.54, 1.807) is 6.07 Å². The molecule has 0 fully saturated rings. The van der Waals surface area contributed by atoms with Gasteiger partial charge in [-0.25, -0.2) is 0 Å². The van der Waals surface area contributed by atoms with Gasteiger partial charge >= 0.3 is 6.18 Å². The van der Waals surface area contributed by atoms with Crippen molar-refractivity contribution in [2.45, 2.75) is 32.9 Å². The molecule has 0 saturated heterocycles. The molecule has 19 heavy (non-hydrogen) atoms. The molecular weight excluding hydrogens is 253 g/mol. The highest BCUT2D eigenvalue weighted by Crippen LogP contribution is 2.33. The van der Waals surface area contributed by atoms with Gasteiger partial charge in [0.2, 0.25) is 0 Å². The summed E-state index contributed by atoms with van der Waals surface area (Å²) in [7, 11) is 0. The third-order valence-corrected chi connectivity index (χ3v) is 3.19. The second-order valence-corrected chi connectivity index (χ2v) is 4.43. The minimum Gasteiger partial charge on any atom is -0.385 e. The van der Waals surface area contributed by atoms with Crippen LogP contribution in [0.4, 0.5) is 18.9 Å². The van der Waals surface area contributed by atoms with Crippen LogP contribution in [0.25, 0.3) is 0 Å². The Kier molecular flexibility index (Phi) is 5.22. The summed E-state index contributed by atoms with van der Waals surface area (Å²) < 4.78 is 37.9. The average Bonchev–Trinajstić information content (AvgIpc) is 2.38. The van der Waals surface area contributed by atoms with Crippen molar-refractivity contribution in [3.8, 4) is 6.07 Å². The summed E-state index contributed by atoms with van der Waals surface area (Å²) in [6, 6.07) is 5.17. The van der Waals surface area contributed by atoms with Gasteiger partial charge in [0.05, 0.1) is 17.2 Å². The smallest absolute Gasteiger partial charge is 0.385 e. The Balaban J connectivity index is 2.87. The van der Waals surface area contributed by atoms with E-state index in [9.17, 15) is 13.2 Å². The molecule has 1 rings (SSSR count). The monoisotopic (exact) mass is 270 g/mol. The van der Waals surface area contributed by atoms with E-state index < -0.39 is 11.7 Å². The molecule has 0 aliphatic heterocycles. The van der Waals surface area contributed by atoms with Gasteiger partial charge in [-0.05, 0) is 24.1 Å². The van der Waals surface area contributed by atoms with Crippen molar-refractivity contribution in [3.05, 3.63) is 29.3 Å². The van der Waals surface area contributed by atoms with Crippen molar-refractivity contribution >= 4 is 5.69 Å². The number of hydrogen-bond acceptors (Lipinski definition) is 2. The second-order valence-electron chi connectivity index (χ2n) is 4.43. The van der Waals surface area contributed by atoms with Crippen LogP contribution in [0.3, 0.4) is 0 Å². The first kappa shape index (κ1) is 15.4. The van der Waals surface area contributed by atoms with Crippen LogP contribution in [0.5, 0.6) is 0 Å². The fraction of sp³-hybridized carbons (Fsp3) is 0.500. The molecule has 0 unspecified atom stereocenters. The van der Waals surface area contributed by atoms with E-state index in [2.05, 4.69) is 19.2 Å². The topological polar surface area (TPSA) is 35.8 Å². The summed E-state index contributed by atoms with van der Waals surface area (Å²) in [6.45, 7) is 4.84. The first-order valence-electron chi connectivity index (χ1n) is 6.27. The molecule has 0 radical (unpaired) electrons. The Morgan fingerprint density at radius 1 is 1.26 bits per heavy atom. The standard InChI is InChI=1S/C14H17F3N2/c1-3-10(4-2)9-19-12-5-6-13(14(15,16)17)11(7-12)8-18/h5-7,10,19H,3-4,9H2,1-2H3. The van der Waals surface area contributed by atoms with E-state index in [1.807, 2.05) is 0 Å². The average molecular weight is 270 g/mol. The number of halogens is 3. The lowest BCUT2D eigenvalue weighted by atomic mass is 10.0. The van der Waals surface area contributed by atoms with Crippen LogP contribution in [0.2, 0.25) is 0 Å². The van der Waals surface area contributed by atoms with E-state index >= 15 is 0 Å². The van der Waals surface area contributed by atoms with Crippen molar-refractivity contribution in [2.75, 3.05) is 11.9 Å². The quantitative estimate of drug-likeness (QED) is 0.859. The molecule has 0 atom stereocenters. The molecule has 1 aromatic carbocycles. The van der Waals surface area contributed by atoms with Gasteiger partial charge in [-0.2, -0.15) is 18.4 Å². The van der Waals surface area contributed by atoms with Crippen LogP contribution >= 0.6 is 0 Å². The molecule has 0 bridgehead atoms. The van der Waals surface area contributed by atoms with Crippen molar-refractivity contribution in [2.24, 2.45) is 5.92 Å². The number of nitrogens with one attached hydrogen (secondary N) is 1. The lowest BCUT2D eigenvalue weighted by Crippen LogP contribution is -2.13. The molecule has 1 N–H and O–H groups in total. The van der Waals surface area contributed by atoms with Crippen molar-refractivity contribution in [1.82, 2.24) is 0 Å². The maximum atomic E-state index is 12.6. The summed E-state index contributed by atoms with van der Waals surface area (Å²) >= 11 is 0. The molecule has 5 heteroatoms. The van der Waals surface area contributed by atoms with Crippen molar-refractivity contribution < 1.29 is 13.2 Å². The molecule has 0 saturated carbocycles. The van der Waals surface area contributed by atoms with Gasteiger partial charge in [0.15, 0.2) is 0 Å². The summed E-state index contributed by atoms with van der Waals surface area (Å²) in [4.78, 5) is 0. The summed E-state index contributed by atoms with van der Waals surface area (Å²) in [5, 5.41) is 11.9. The van der Waals surface area contributed by atoms with Crippen molar-refractivity contribution in [3.63, 3.8) is 0 Å². The zero-order valence-electron chi connectivity index (χ0n) is 11.0. The fourth-order valence-corrected chi connectivity index (χ4v) is 1.83. The molecule has 104 valence electrons. The number of anilines is 1. The largest absolute Gasteiger partial charge is 0.417 e. The minimum absolute atomic E-state index is 0.345. The van der Waals surface area contributed by atoms with Gasteiger partial charge in [-0.15, -0.1) is 0 Å². The van der Waals surface area contributed by atoms with Gasteiger partial charge in [-0.1, -0.05) is 26.7 Å². The van der Waals surface area contributed by atoms with Crippen LogP contribution in [0.15, 0.2) is 18.2 Å². The highest BCUT2D eigenvalue weighted by atomic mass is 19.4. The molecule has 0 aromatic heterocycles. The predicted octanol–water partition coefficient (Wildman–Crippen LogP) is 4.43. The zero-order valence-corrected chi connectivity index (χ0v) is 11.0.